The number of amides is 1. The van der Waals surface area contributed by atoms with Crippen LogP contribution in [0, 0.1) is 23.1 Å². The van der Waals surface area contributed by atoms with E-state index in [1.165, 1.54) is 6.07 Å². The Bertz CT molecular complexity index is 2400. The Hall–Kier alpha value is -4.67. The average Bonchev–Trinajstić information content (AvgIpc) is 3.88. The van der Waals surface area contributed by atoms with Gasteiger partial charge in [0.25, 0.3) is 0 Å². The molecule has 0 saturated carbocycles. The fourth-order valence-corrected chi connectivity index (χ4v) is 15.9. The third-order valence-electron chi connectivity index (χ3n) is 13.7. The first-order valence-electron chi connectivity index (χ1n) is 21.8. The Morgan fingerprint density at radius 3 is 2.46 bits per heavy atom. The summed E-state index contributed by atoms with van der Waals surface area (Å²) >= 11 is 0. The van der Waals surface area contributed by atoms with Gasteiger partial charge in [-0.2, -0.15) is 9.97 Å². The molecule has 3 saturated heterocycles. The standard InChI is InChI=1S/C48H61F3N6O3Si/c1-29(2)61(30(3)4,31(5)6)23-19-35-38(50)17-16-34-14-12-15-36(40(34)35)42-41(51)43-37(26-52-42)44(55(11)39-18-22-57(32(39)7)46(58)60-47(8,9)10)54-45(53-43)59-28-48-20-13-21-56(48)27-33(24-48)25-49/h12,14-17,25-26,29-32,39H,13,18,20-22,24,27-28H2,1-11H3/b33-25-/t32-,39-,48?/m1/s1. The molecule has 3 atom stereocenters. The van der Waals surface area contributed by atoms with Crippen LogP contribution in [0.15, 0.2) is 48.4 Å². The molecule has 2 aromatic heterocycles. The Morgan fingerprint density at radius 1 is 1.07 bits per heavy atom. The van der Waals surface area contributed by atoms with Crippen molar-refractivity contribution in [1.29, 1.82) is 0 Å². The lowest BCUT2D eigenvalue weighted by atomic mass is 9.94. The molecule has 1 unspecified atom stereocenters. The molecule has 0 radical (unpaired) electrons. The summed E-state index contributed by atoms with van der Waals surface area (Å²) in [5.74, 6) is 2.55. The lowest BCUT2D eigenvalue weighted by Gasteiger charge is -2.38. The van der Waals surface area contributed by atoms with Gasteiger partial charge in [-0.15, -0.1) is 5.54 Å². The molecule has 0 spiro atoms. The van der Waals surface area contributed by atoms with Crippen molar-refractivity contribution in [2.75, 3.05) is 38.2 Å². The molecule has 3 fully saturated rings. The number of ether oxygens (including phenoxy) is 2. The number of hydrogen-bond acceptors (Lipinski definition) is 8. The summed E-state index contributed by atoms with van der Waals surface area (Å²) in [4.78, 5) is 33.5. The van der Waals surface area contributed by atoms with Crippen LogP contribution in [0.1, 0.15) is 100 Å². The van der Waals surface area contributed by atoms with Crippen molar-refractivity contribution in [2.45, 2.75) is 135 Å². The molecule has 4 aromatic rings. The maximum Gasteiger partial charge on any atom is 0.410 e. The number of likely N-dealkylation sites (N-methyl/N-ethyl adjacent to an activating group) is 1. The van der Waals surface area contributed by atoms with Crippen molar-refractivity contribution < 1.29 is 27.4 Å². The summed E-state index contributed by atoms with van der Waals surface area (Å²) in [6.07, 6.45) is 4.79. The highest BCUT2D eigenvalue weighted by Gasteiger charge is 2.48. The van der Waals surface area contributed by atoms with E-state index in [-0.39, 0.29) is 41.5 Å². The van der Waals surface area contributed by atoms with Crippen LogP contribution in [0.5, 0.6) is 6.01 Å². The van der Waals surface area contributed by atoms with E-state index in [1.807, 2.05) is 51.8 Å². The number of likely N-dealkylation sites (tertiary alicyclic amines) is 1. The number of rotatable bonds is 9. The second kappa shape index (κ2) is 16.9. The minimum absolute atomic E-state index is 0.00417. The zero-order chi connectivity index (χ0) is 44.2. The summed E-state index contributed by atoms with van der Waals surface area (Å²) < 4.78 is 59.7. The zero-order valence-corrected chi connectivity index (χ0v) is 38.6. The third kappa shape index (κ3) is 8.11. The Labute approximate surface area is 360 Å². The smallest absolute Gasteiger partial charge is 0.410 e. The zero-order valence-electron chi connectivity index (χ0n) is 37.6. The number of anilines is 1. The van der Waals surface area contributed by atoms with E-state index in [0.717, 1.165) is 25.0 Å². The van der Waals surface area contributed by atoms with E-state index in [9.17, 15) is 9.18 Å². The maximum atomic E-state index is 17.6. The van der Waals surface area contributed by atoms with Gasteiger partial charge in [-0.3, -0.25) is 9.88 Å². The number of halogens is 3. The molecule has 9 nitrogen and oxygen atoms in total. The van der Waals surface area contributed by atoms with E-state index in [4.69, 9.17) is 24.4 Å². The first-order valence-corrected chi connectivity index (χ1v) is 24.0. The fraction of sp³-hybridized carbons (Fsp3) is 0.542. The van der Waals surface area contributed by atoms with E-state index in [2.05, 4.69) is 57.9 Å². The van der Waals surface area contributed by atoms with Crippen molar-refractivity contribution in [2.24, 2.45) is 0 Å². The van der Waals surface area contributed by atoms with Crippen molar-refractivity contribution in [1.82, 2.24) is 24.8 Å². The third-order valence-corrected chi connectivity index (χ3v) is 19.9. The number of pyridine rings is 1. The van der Waals surface area contributed by atoms with Gasteiger partial charge in [0.05, 0.1) is 34.9 Å². The Kier molecular flexibility index (Phi) is 12.3. The number of benzene rings is 2. The maximum absolute atomic E-state index is 17.6. The summed E-state index contributed by atoms with van der Waals surface area (Å²) in [6, 6.07) is 8.07. The van der Waals surface area contributed by atoms with Crippen LogP contribution >= 0.6 is 0 Å². The van der Waals surface area contributed by atoms with Crippen molar-refractivity contribution in [3.63, 3.8) is 0 Å². The molecule has 0 N–H and O–H groups in total. The SMILES string of the molecule is CC(C)[Si](C#Cc1c(F)ccc2cccc(-c3ncc4c(N(C)[C@@H]5CCN(C(=O)OC(C)(C)C)[C@@H]5C)nc(OCC56CCCN5C/C(=C\F)C6)nc4c3F)c12)(C(C)C)C(C)C. The summed E-state index contributed by atoms with van der Waals surface area (Å²) in [7, 11) is -0.393. The number of hydrogen-bond donors (Lipinski definition) is 0. The highest BCUT2D eigenvalue weighted by Crippen LogP contribution is 2.44. The topological polar surface area (TPSA) is 83.9 Å². The molecule has 3 aliphatic heterocycles. The van der Waals surface area contributed by atoms with E-state index in [1.54, 1.807) is 23.2 Å². The van der Waals surface area contributed by atoms with Crippen LogP contribution in [-0.2, 0) is 4.74 Å². The lowest BCUT2D eigenvalue weighted by molar-refractivity contribution is 0.0233. The second-order valence-electron chi connectivity index (χ2n) is 19.3. The monoisotopic (exact) mass is 854 g/mol. The van der Waals surface area contributed by atoms with E-state index in [0.29, 0.717) is 76.4 Å². The molecule has 61 heavy (non-hydrogen) atoms. The molecule has 0 aliphatic carbocycles. The summed E-state index contributed by atoms with van der Waals surface area (Å²) in [5.41, 5.74) is 4.95. The fourth-order valence-electron chi connectivity index (χ4n) is 10.6. The molecule has 0 bridgehead atoms. The van der Waals surface area contributed by atoms with E-state index >= 15 is 8.78 Å². The number of aromatic nitrogens is 3. The van der Waals surface area contributed by atoms with Gasteiger partial charge in [0.2, 0.25) is 0 Å². The van der Waals surface area contributed by atoms with Gasteiger partial charge in [-0.05, 0) is 93.6 Å². The van der Waals surface area contributed by atoms with Gasteiger partial charge in [0, 0.05) is 37.3 Å². The molecule has 13 heteroatoms. The first-order chi connectivity index (χ1) is 28.8. The minimum atomic E-state index is -2.26. The lowest BCUT2D eigenvalue weighted by Crippen LogP contribution is -2.45. The quantitative estimate of drug-likeness (QED) is 0.122. The number of nitrogens with zero attached hydrogens (tertiary/aromatic N) is 6. The van der Waals surface area contributed by atoms with Gasteiger partial charge in [0.15, 0.2) is 5.82 Å². The van der Waals surface area contributed by atoms with E-state index < -0.39 is 36.9 Å². The van der Waals surface area contributed by atoms with Gasteiger partial charge < -0.3 is 19.3 Å². The Morgan fingerprint density at radius 2 is 1.79 bits per heavy atom. The molecular weight excluding hydrogens is 794 g/mol. The largest absolute Gasteiger partial charge is 0.461 e. The molecular formula is C48H61F3N6O3Si. The van der Waals surface area contributed by atoms with Crippen molar-refractivity contribution in [3.8, 4) is 28.7 Å². The van der Waals surface area contributed by atoms with Crippen LogP contribution in [0.25, 0.3) is 32.9 Å². The molecule has 1 amide bonds. The van der Waals surface area contributed by atoms with Gasteiger partial charge in [-0.25, -0.2) is 18.0 Å². The minimum Gasteiger partial charge on any atom is -0.461 e. The first kappa shape index (κ1) is 44.4. The van der Waals surface area contributed by atoms with Crippen LogP contribution < -0.4 is 9.64 Å². The highest BCUT2D eigenvalue weighted by molar-refractivity contribution is 6.90. The van der Waals surface area contributed by atoms with Gasteiger partial charge in [-0.1, -0.05) is 71.7 Å². The number of carbonyl (C=O) groups excluding carboxylic acids is 1. The van der Waals surface area contributed by atoms with Crippen LogP contribution in [0.4, 0.5) is 23.8 Å². The normalized spacial score (nSPS) is 21.6. The number of carbonyl (C=O) groups is 1. The Balaban J connectivity index is 1.36. The molecule has 5 heterocycles. The summed E-state index contributed by atoms with van der Waals surface area (Å²) in [6.45, 7) is 22.8. The van der Waals surface area contributed by atoms with Crippen LogP contribution in [0.3, 0.4) is 0 Å². The van der Waals surface area contributed by atoms with Crippen LogP contribution in [0.2, 0.25) is 16.6 Å². The van der Waals surface area contributed by atoms with Gasteiger partial charge >= 0.3 is 12.1 Å². The number of fused-ring (bicyclic) bond motifs is 3. The van der Waals surface area contributed by atoms with Crippen molar-refractivity contribution in [3.05, 3.63) is 65.6 Å². The molecule has 326 valence electrons. The van der Waals surface area contributed by atoms with Crippen LogP contribution in [-0.4, -0.2) is 95.4 Å². The highest BCUT2D eigenvalue weighted by atomic mass is 28.3. The molecule has 2 aromatic carbocycles. The predicted molar refractivity (Wildman–Crippen MR) is 240 cm³/mol. The van der Waals surface area contributed by atoms with Crippen molar-refractivity contribution >= 4 is 41.7 Å². The molecule has 7 rings (SSSR count). The second-order valence-corrected chi connectivity index (χ2v) is 24.9. The van der Waals surface area contributed by atoms with Gasteiger partial charge in [0.1, 0.15) is 43.1 Å². The summed E-state index contributed by atoms with van der Waals surface area (Å²) in [5, 5.41) is 1.56. The predicted octanol–water partition coefficient (Wildman–Crippen LogP) is 11.0. The average molecular weight is 855 g/mol. The molecule has 3 aliphatic rings.